The largest absolute Gasteiger partial charge is 0.389 e. The van der Waals surface area contributed by atoms with Crippen LogP contribution >= 0.6 is 15.9 Å². The molecule has 17 heavy (non-hydrogen) atoms. The molecule has 0 saturated carbocycles. The molecule has 0 spiro atoms. The third-order valence-electron chi connectivity index (χ3n) is 2.68. The molecule has 0 amide bonds. The van der Waals surface area contributed by atoms with E-state index in [2.05, 4.69) is 15.9 Å². The fourth-order valence-corrected chi connectivity index (χ4v) is 3.43. The average molecular weight is 322 g/mol. The summed E-state index contributed by atoms with van der Waals surface area (Å²) in [5.74, 6) is 0. The average Bonchev–Trinajstić information content (AvgIpc) is 2.60. The van der Waals surface area contributed by atoms with Crippen LogP contribution in [0.2, 0.25) is 0 Å². The van der Waals surface area contributed by atoms with E-state index in [4.69, 9.17) is 0 Å². The van der Waals surface area contributed by atoms with Gasteiger partial charge in [0.15, 0.2) is 0 Å². The lowest BCUT2D eigenvalue weighted by atomic mass is 10.3. The second-order valence-electron chi connectivity index (χ2n) is 3.91. The van der Waals surface area contributed by atoms with Gasteiger partial charge in [-0.25, -0.2) is 8.42 Å². The third-order valence-corrected chi connectivity index (χ3v) is 5.05. The van der Waals surface area contributed by atoms with Gasteiger partial charge < -0.3 is 10.2 Å². The monoisotopic (exact) mass is 321 g/mol. The Morgan fingerprint density at radius 2 is 1.59 bits per heavy atom. The van der Waals surface area contributed by atoms with Crippen LogP contribution in [-0.2, 0) is 10.0 Å². The number of nitrogens with zero attached hydrogens (tertiary/aromatic N) is 1. The highest BCUT2D eigenvalue weighted by Crippen LogP contribution is 2.22. The van der Waals surface area contributed by atoms with Gasteiger partial charge in [0.2, 0.25) is 10.0 Å². The van der Waals surface area contributed by atoms with Gasteiger partial charge in [0.05, 0.1) is 17.1 Å². The van der Waals surface area contributed by atoms with E-state index >= 15 is 0 Å². The highest BCUT2D eigenvalue weighted by atomic mass is 79.9. The molecule has 94 valence electrons. The van der Waals surface area contributed by atoms with E-state index in [0.29, 0.717) is 0 Å². The predicted octanol–water partition coefficient (Wildman–Crippen LogP) is 0.175. The van der Waals surface area contributed by atoms with Crippen LogP contribution in [-0.4, -0.2) is 48.2 Å². The van der Waals surface area contributed by atoms with Gasteiger partial charge in [0.25, 0.3) is 0 Å². The van der Waals surface area contributed by atoms with Crippen LogP contribution in [0.3, 0.4) is 0 Å². The Morgan fingerprint density at radius 1 is 1.12 bits per heavy atom. The molecule has 1 heterocycles. The van der Waals surface area contributed by atoms with Gasteiger partial charge in [0, 0.05) is 17.6 Å². The second-order valence-corrected chi connectivity index (χ2v) is 6.76. The zero-order valence-electron chi connectivity index (χ0n) is 8.82. The molecule has 2 N–H and O–H groups in total. The van der Waals surface area contributed by atoms with Crippen molar-refractivity contribution in [2.24, 2.45) is 0 Å². The Hall–Kier alpha value is -0.470. The highest BCUT2D eigenvalue weighted by Gasteiger charge is 2.37. The summed E-state index contributed by atoms with van der Waals surface area (Å²) in [4.78, 5) is 0.155. The van der Waals surface area contributed by atoms with Crippen molar-refractivity contribution in [2.45, 2.75) is 17.1 Å². The molecular weight excluding hydrogens is 310 g/mol. The number of hydrogen-bond acceptors (Lipinski definition) is 4. The van der Waals surface area contributed by atoms with Crippen LogP contribution in [0.5, 0.6) is 0 Å². The van der Waals surface area contributed by atoms with E-state index in [1.165, 1.54) is 12.1 Å². The molecule has 1 aromatic carbocycles. The molecule has 2 rings (SSSR count). The van der Waals surface area contributed by atoms with Gasteiger partial charge in [-0.15, -0.1) is 0 Å². The number of aliphatic hydroxyl groups excluding tert-OH is 2. The SMILES string of the molecule is O=S(=O)(c1ccc(Br)cc1)N1CC(O)C(O)C1. The Labute approximate surface area is 108 Å². The first-order chi connectivity index (χ1) is 7.91. The summed E-state index contributed by atoms with van der Waals surface area (Å²) in [5, 5.41) is 18.7. The molecule has 1 saturated heterocycles. The maximum absolute atomic E-state index is 12.1. The lowest BCUT2D eigenvalue weighted by Crippen LogP contribution is -2.29. The summed E-state index contributed by atoms with van der Waals surface area (Å²) in [6.07, 6.45) is -2.03. The molecule has 0 aliphatic carbocycles. The maximum Gasteiger partial charge on any atom is 0.243 e. The molecule has 2 atom stereocenters. The maximum atomic E-state index is 12.1. The van der Waals surface area contributed by atoms with Crippen molar-refractivity contribution in [3.05, 3.63) is 28.7 Å². The van der Waals surface area contributed by atoms with Crippen molar-refractivity contribution in [2.75, 3.05) is 13.1 Å². The minimum Gasteiger partial charge on any atom is -0.389 e. The number of halogens is 1. The fourth-order valence-electron chi connectivity index (χ4n) is 1.69. The molecule has 2 unspecified atom stereocenters. The number of benzene rings is 1. The normalized spacial score (nSPS) is 26.3. The van der Waals surface area contributed by atoms with Gasteiger partial charge in [0.1, 0.15) is 0 Å². The lowest BCUT2D eigenvalue weighted by Gasteiger charge is -2.15. The van der Waals surface area contributed by atoms with Crippen LogP contribution in [0.1, 0.15) is 0 Å². The number of sulfonamides is 1. The zero-order chi connectivity index (χ0) is 12.6. The van der Waals surface area contributed by atoms with Crippen LogP contribution in [0.15, 0.2) is 33.6 Å². The first-order valence-corrected chi connectivity index (χ1v) is 7.26. The molecule has 1 fully saturated rings. The summed E-state index contributed by atoms with van der Waals surface area (Å²) in [7, 11) is -3.63. The Morgan fingerprint density at radius 3 is 2.06 bits per heavy atom. The van der Waals surface area contributed by atoms with Crippen molar-refractivity contribution >= 4 is 26.0 Å². The predicted molar refractivity (Wildman–Crippen MR) is 64.9 cm³/mol. The first kappa shape index (κ1) is 13.0. The second kappa shape index (κ2) is 4.66. The third kappa shape index (κ3) is 2.53. The zero-order valence-corrected chi connectivity index (χ0v) is 11.2. The lowest BCUT2D eigenvalue weighted by molar-refractivity contribution is 0.0572. The van der Waals surface area contributed by atoms with Crippen molar-refractivity contribution in [3.63, 3.8) is 0 Å². The molecule has 0 aromatic heterocycles. The topological polar surface area (TPSA) is 77.8 Å². The summed E-state index contributed by atoms with van der Waals surface area (Å²) >= 11 is 3.23. The van der Waals surface area contributed by atoms with Crippen molar-refractivity contribution < 1.29 is 18.6 Å². The summed E-state index contributed by atoms with van der Waals surface area (Å²) in [5.41, 5.74) is 0. The van der Waals surface area contributed by atoms with Gasteiger partial charge in [-0.2, -0.15) is 4.31 Å². The minimum atomic E-state index is -3.63. The van der Waals surface area contributed by atoms with E-state index in [1.807, 2.05) is 0 Å². The van der Waals surface area contributed by atoms with Crippen LogP contribution in [0.25, 0.3) is 0 Å². The van der Waals surface area contributed by atoms with E-state index < -0.39 is 22.2 Å². The number of β-amino-alcohol motifs (C(OH)–C–C–N with tert-alkyl or cyclic N) is 2. The molecule has 1 aromatic rings. The van der Waals surface area contributed by atoms with Crippen molar-refractivity contribution in [1.82, 2.24) is 4.31 Å². The minimum absolute atomic E-state index is 0.0699. The fraction of sp³-hybridized carbons (Fsp3) is 0.400. The van der Waals surface area contributed by atoms with Gasteiger partial charge >= 0.3 is 0 Å². The van der Waals surface area contributed by atoms with E-state index in [-0.39, 0.29) is 18.0 Å². The summed E-state index contributed by atoms with van der Waals surface area (Å²) < 4.78 is 26.1. The smallest absolute Gasteiger partial charge is 0.243 e. The first-order valence-electron chi connectivity index (χ1n) is 5.03. The number of rotatable bonds is 2. The standard InChI is InChI=1S/C10H12BrNO4S/c11-7-1-3-8(4-2-7)17(15,16)12-5-9(13)10(14)6-12/h1-4,9-10,13-14H,5-6H2. The van der Waals surface area contributed by atoms with E-state index in [9.17, 15) is 18.6 Å². The molecule has 5 nitrogen and oxygen atoms in total. The van der Waals surface area contributed by atoms with Crippen molar-refractivity contribution in [3.8, 4) is 0 Å². The van der Waals surface area contributed by atoms with Crippen molar-refractivity contribution in [1.29, 1.82) is 0 Å². The molecular formula is C10H12BrNO4S. The van der Waals surface area contributed by atoms with Crippen LogP contribution < -0.4 is 0 Å². The summed E-state index contributed by atoms with van der Waals surface area (Å²) in [6, 6.07) is 6.23. The molecule has 0 bridgehead atoms. The van der Waals surface area contributed by atoms with Gasteiger partial charge in [-0.05, 0) is 24.3 Å². The molecule has 0 radical (unpaired) electrons. The Balaban J connectivity index is 2.28. The number of hydrogen-bond donors (Lipinski definition) is 2. The molecule has 1 aliphatic heterocycles. The van der Waals surface area contributed by atoms with Gasteiger partial charge in [-0.3, -0.25) is 0 Å². The molecule has 7 heteroatoms. The Kier molecular flexibility index (Phi) is 3.55. The van der Waals surface area contributed by atoms with E-state index in [0.717, 1.165) is 8.78 Å². The number of aliphatic hydroxyl groups is 2. The molecule has 1 aliphatic rings. The van der Waals surface area contributed by atoms with Crippen LogP contribution in [0, 0.1) is 0 Å². The Bertz CT molecular complexity index is 492. The van der Waals surface area contributed by atoms with Crippen LogP contribution in [0.4, 0.5) is 0 Å². The van der Waals surface area contributed by atoms with Gasteiger partial charge in [-0.1, -0.05) is 15.9 Å². The quantitative estimate of drug-likeness (QED) is 0.814. The summed E-state index contributed by atoms with van der Waals surface area (Å²) in [6.45, 7) is -0.140. The highest BCUT2D eigenvalue weighted by molar-refractivity contribution is 9.10. The van der Waals surface area contributed by atoms with E-state index in [1.54, 1.807) is 12.1 Å².